The van der Waals surface area contributed by atoms with Gasteiger partial charge in [-0.2, -0.15) is 0 Å². The Hall–Kier alpha value is -1.30. The van der Waals surface area contributed by atoms with Gasteiger partial charge in [0.1, 0.15) is 5.82 Å². The van der Waals surface area contributed by atoms with Crippen molar-refractivity contribution in [3.05, 3.63) is 60.2 Å². The molecule has 5 unspecified atom stereocenters. The number of hydrogen-bond acceptors (Lipinski definition) is 4. The maximum atomic E-state index is 14.1. The Morgan fingerprint density at radius 3 is 2.58 bits per heavy atom. The van der Waals surface area contributed by atoms with Gasteiger partial charge < -0.3 is 5.11 Å². The molecule has 0 radical (unpaired) electrons. The second kappa shape index (κ2) is 9.39. The Morgan fingerprint density at radius 2 is 1.85 bits per heavy atom. The highest BCUT2D eigenvalue weighted by atomic mass is 32.2. The van der Waals surface area contributed by atoms with Crippen LogP contribution < -0.4 is 0 Å². The van der Waals surface area contributed by atoms with Crippen LogP contribution in [0.1, 0.15) is 51.6 Å². The highest BCUT2D eigenvalue weighted by molar-refractivity contribution is 8.20. The minimum absolute atomic E-state index is 0.0228. The van der Waals surface area contributed by atoms with Crippen LogP contribution in [0.3, 0.4) is 0 Å². The third-order valence-electron chi connectivity index (χ3n) is 8.68. The molecule has 5 atom stereocenters. The van der Waals surface area contributed by atoms with Crippen molar-refractivity contribution < 1.29 is 9.50 Å². The average Bonchev–Trinajstić information content (AvgIpc) is 3.37. The van der Waals surface area contributed by atoms with E-state index in [9.17, 15) is 9.50 Å². The number of fused-ring (bicyclic) bond motifs is 1. The molecule has 1 saturated heterocycles. The number of halogens is 1. The van der Waals surface area contributed by atoms with Crippen LogP contribution >= 0.6 is 23.5 Å². The molecule has 176 valence electrons. The quantitative estimate of drug-likeness (QED) is 0.495. The number of thioether (sulfide) groups is 2. The minimum atomic E-state index is -0.218. The predicted octanol–water partition coefficient (Wildman–Crippen LogP) is 7.29. The van der Waals surface area contributed by atoms with Gasteiger partial charge >= 0.3 is 0 Å². The summed E-state index contributed by atoms with van der Waals surface area (Å²) < 4.78 is 14.6. The first-order valence-corrected chi connectivity index (χ1v) is 14.3. The summed E-state index contributed by atoms with van der Waals surface area (Å²) in [5.74, 6) is 3.23. The summed E-state index contributed by atoms with van der Waals surface area (Å²) in [7, 11) is 0. The Labute approximate surface area is 205 Å². The fourth-order valence-electron chi connectivity index (χ4n) is 6.76. The molecule has 33 heavy (non-hydrogen) atoms. The molecule has 1 aromatic carbocycles. The number of rotatable bonds is 4. The van der Waals surface area contributed by atoms with E-state index < -0.39 is 0 Å². The van der Waals surface area contributed by atoms with Crippen molar-refractivity contribution in [3.63, 3.8) is 0 Å². The number of nitrogens with zero attached hydrogens (tertiary/aromatic N) is 1. The molecule has 3 aliphatic rings. The van der Waals surface area contributed by atoms with E-state index in [0.29, 0.717) is 22.0 Å². The number of hydrogen-bond donors (Lipinski definition) is 1. The standard InChI is InChI=1S/C28H34FNOS2/c1-27-15-14-25(31)28(2,26-32-16-17-33-26)24(27)9-5-6-20(27)11-13-21-12-10-19(18-30-21)22-7-3-4-8-23(22)29/h3-4,7-8,10-13,18,20,24-26,31H,5-6,9,14-17H2,1-2H3/b13-11+. The molecule has 5 rings (SSSR count). The van der Waals surface area contributed by atoms with Crippen molar-refractivity contribution >= 4 is 29.6 Å². The van der Waals surface area contributed by atoms with Crippen molar-refractivity contribution in [1.29, 1.82) is 0 Å². The summed E-state index contributed by atoms with van der Waals surface area (Å²) in [6.45, 7) is 4.86. The normalized spacial score (nSPS) is 35.1. The smallest absolute Gasteiger partial charge is 0.131 e. The molecule has 3 fully saturated rings. The zero-order valence-electron chi connectivity index (χ0n) is 19.5. The van der Waals surface area contributed by atoms with E-state index in [1.54, 1.807) is 18.3 Å². The molecular formula is C28H34FNOS2. The maximum Gasteiger partial charge on any atom is 0.131 e. The third kappa shape index (κ3) is 4.19. The molecular weight excluding hydrogens is 449 g/mol. The fourth-order valence-corrected chi connectivity index (χ4v) is 10.3. The molecule has 1 N–H and O–H groups in total. The van der Waals surface area contributed by atoms with E-state index in [1.807, 2.05) is 18.2 Å². The maximum absolute atomic E-state index is 14.1. The van der Waals surface area contributed by atoms with Gasteiger partial charge in [0.25, 0.3) is 0 Å². The van der Waals surface area contributed by atoms with Crippen molar-refractivity contribution in [1.82, 2.24) is 4.98 Å². The van der Waals surface area contributed by atoms with E-state index >= 15 is 0 Å². The first-order valence-electron chi connectivity index (χ1n) is 12.2. The lowest BCUT2D eigenvalue weighted by Crippen LogP contribution is -2.58. The van der Waals surface area contributed by atoms with Gasteiger partial charge in [-0.25, -0.2) is 4.39 Å². The Balaban J connectivity index is 1.37. The van der Waals surface area contributed by atoms with Gasteiger partial charge in [0.2, 0.25) is 0 Å². The molecule has 1 aromatic heterocycles. The van der Waals surface area contributed by atoms with Gasteiger partial charge in [-0.05, 0) is 61.1 Å². The molecule has 0 amide bonds. The number of pyridine rings is 1. The van der Waals surface area contributed by atoms with Crippen molar-refractivity contribution in [2.45, 2.75) is 56.6 Å². The van der Waals surface area contributed by atoms with Crippen LogP contribution in [0.2, 0.25) is 0 Å². The van der Waals surface area contributed by atoms with Crippen LogP contribution in [-0.2, 0) is 0 Å². The van der Waals surface area contributed by atoms with Crippen molar-refractivity contribution in [3.8, 4) is 11.1 Å². The summed E-state index contributed by atoms with van der Waals surface area (Å²) in [6.07, 6.45) is 11.7. The predicted molar refractivity (Wildman–Crippen MR) is 140 cm³/mol. The van der Waals surface area contributed by atoms with Crippen molar-refractivity contribution in [2.24, 2.45) is 22.7 Å². The van der Waals surface area contributed by atoms with Gasteiger partial charge in [0, 0.05) is 34.2 Å². The average molecular weight is 484 g/mol. The molecule has 0 bridgehead atoms. The van der Waals surface area contributed by atoms with Crippen LogP contribution in [0.4, 0.5) is 4.39 Å². The van der Waals surface area contributed by atoms with Gasteiger partial charge in [0.05, 0.1) is 16.4 Å². The number of aromatic nitrogens is 1. The number of allylic oxidation sites excluding steroid dienone is 1. The molecule has 2 aromatic rings. The molecule has 1 aliphatic heterocycles. The highest BCUT2D eigenvalue weighted by Gasteiger charge is 2.59. The third-order valence-corrected chi connectivity index (χ3v) is 12.3. The highest BCUT2D eigenvalue weighted by Crippen LogP contribution is 2.65. The van der Waals surface area contributed by atoms with E-state index in [2.05, 4.69) is 54.5 Å². The van der Waals surface area contributed by atoms with E-state index in [1.165, 1.54) is 36.8 Å². The second-order valence-corrected chi connectivity index (χ2v) is 13.1. The lowest BCUT2D eigenvalue weighted by molar-refractivity contribution is -0.128. The Kier molecular flexibility index (Phi) is 6.67. The lowest BCUT2D eigenvalue weighted by atomic mass is 9.47. The zero-order chi connectivity index (χ0) is 23.1. The fraction of sp³-hybridized carbons (Fsp3) is 0.536. The SMILES string of the molecule is CC12CCC(O)C(C)(C3SCCS3)C1CCCC2/C=C/c1ccc(-c2ccccc2F)cn1. The summed E-state index contributed by atoms with van der Waals surface area (Å²) in [4.78, 5) is 4.61. The summed E-state index contributed by atoms with van der Waals surface area (Å²) in [5.41, 5.74) is 2.50. The summed E-state index contributed by atoms with van der Waals surface area (Å²) in [6, 6.07) is 10.8. The molecule has 5 heteroatoms. The number of benzene rings is 1. The molecule has 2 heterocycles. The Bertz CT molecular complexity index is 1010. The summed E-state index contributed by atoms with van der Waals surface area (Å²) >= 11 is 4.13. The van der Waals surface area contributed by atoms with Gasteiger partial charge in [-0.3, -0.25) is 4.98 Å². The first kappa shape index (κ1) is 23.4. The minimum Gasteiger partial charge on any atom is -0.392 e. The number of aliphatic hydroxyl groups is 1. The van der Waals surface area contributed by atoms with Crippen LogP contribution in [-0.4, -0.2) is 32.3 Å². The largest absolute Gasteiger partial charge is 0.392 e. The lowest BCUT2D eigenvalue weighted by Gasteiger charge is -2.60. The topological polar surface area (TPSA) is 33.1 Å². The molecule has 2 saturated carbocycles. The van der Waals surface area contributed by atoms with Crippen LogP contribution in [0.5, 0.6) is 0 Å². The van der Waals surface area contributed by atoms with Crippen LogP contribution in [0.15, 0.2) is 48.7 Å². The van der Waals surface area contributed by atoms with Crippen LogP contribution in [0.25, 0.3) is 17.2 Å². The molecule has 0 spiro atoms. The van der Waals surface area contributed by atoms with E-state index in [0.717, 1.165) is 24.1 Å². The monoisotopic (exact) mass is 483 g/mol. The summed E-state index contributed by atoms with van der Waals surface area (Å²) in [5, 5.41) is 11.2. The van der Waals surface area contributed by atoms with Gasteiger partial charge in [0.15, 0.2) is 0 Å². The van der Waals surface area contributed by atoms with E-state index in [4.69, 9.17) is 0 Å². The van der Waals surface area contributed by atoms with E-state index in [-0.39, 0.29) is 22.8 Å². The Morgan fingerprint density at radius 1 is 1.06 bits per heavy atom. The van der Waals surface area contributed by atoms with Gasteiger partial charge in [-0.15, -0.1) is 23.5 Å². The molecule has 2 aliphatic carbocycles. The number of aliphatic hydroxyl groups excluding tert-OH is 1. The second-order valence-electron chi connectivity index (χ2n) is 10.4. The zero-order valence-corrected chi connectivity index (χ0v) is 21.2. The van der Waals surface area contributed by atoms with Crippen LogP contribution in [0, 0.1) is 28.5 Å². The van der Waals surface area contributed by atoms with Crippen molar-refractivity contribution in [2.75, 3.05) is 11.5 Å². The van der Waals surface area contributed by atoms with Gasteiger partial charge in [-0.1, -0.05) is 50.6 Å². The molecule has 2 nitrogen and oxygen atoms in total. The first-order chi connectivity index (χ1) is 15.9.